The van der Waals surface area contributed by atoms with Gasteiger partial charge in [0.1, 0.15) is 0 Å². The third-order valence-electron chi connectivity index (χ3n) is 2.25. The molecule has 80 valence electrons. The molecule has 0 aromatic rings. The van der Waals surface area contributed by atoms with Gasteiger partial charge in [-0.15, -0.1) is 11.8 Å². The first kappa shape index (κ1) is 11.5. The van der Waals surface area contributed by atoms with Crippen molar-refractivity contribution in [1.29, 1.82) is 0 Å². The fraction of sp³-hybridized carbons (Fsp3) is 0.778. The van der Waals surface area contributed by atoms with Crippen LogP contribution in [0.25, 0.3) is 0 Å². The van der Waals surface area contributed by atoms with Crippen LogP contribution >= 0.6 is 11.8 Å². The van der Waals surface area contributed by atoms with Crippen LogP contribution in [0.2, 0.25) is 0 Å². The highest BCUT2D eigenvalue weighted by Crippen LogP contribution is 2.17. The van der Waals surface area contributed by atoms with Crippen LogP contribution in [0, 0.1) is 0 Å². The minimum Gasteiger partial charge on any atom is -0.328 e. The van der Waals surface area contributed by atoms with Gasteiger partial charge in [0.05, 0.1) is 17.5 Å². The van der Waals surface area contributed by atoms with Crippen molar-refractivity contribution in [2.45, 2.75) is 25.8 Å². The molecule has 1 aliphatic rings. The van der Waals surface area contributed by atoms with Crippen molar-refractivity contribution >= 4 is 23.6 Å². The zero-order chi connectivity index (χ0) is 10.6. The molecule has 1 atom stereocenters. The van der Waals surface area contributed by atoms with E-state index in [0.717, 1.165) is 12.8 Å². The minimum absolute atomic E-state index is 0.0878. The maximum atomic E-state index is 11.5. The number of hydrogen-bond acceptors (Lipinski definition) is 4. The standard InChI is InChI=1S/C9H16N2O2S/c1-2-3-7(4-10)11-8(12)5-14-6-9(11)13/h7H,2-6,10H2,1H3. The van der Waals surface area contributed by atoms with Crippen molar-refractivity contribution < 1.29 is 9.59 Å². The Bertz CT molecular complexity index is 217. The van der Waals surface area contributed by atoms with Gasteiger partial charge in [-0.1, -0.05) is 13.3 Å². The summed E-state index contributed by atoms with van der Waals surface area (Å²) in [6, 6.07) is -0.0964. The molecule has 1 fully saturated rings. The molecule has 0 bridgehead atoms. The van der Waals surface area contributed by atoms with E-state index in [0.29, 0.717) is 18.1 Å². The Kier molecular flexibility index (Phi) is 4.41. The molecule has 0 saturated carbocycles. The molecule has 0 aliphatic carbocycles. The number of amides is 2. The van der Waals surface area contributed by atoms with E-state index in [1.165, 1.54) is 16.7 Å². The number of thioether (sulfide) groups is 1. The molecule has 1 saturated heterocycles. The van der Waals surface area contributed by atoms with Gasteiger partial charge in [0.2, 0.25) is 11.8 Å². The number of imide groups is 1. The lowest BCUT2D eigenvalue weighted by Crippen LogP contribution is -2.51. The Balaban J connectivity index is 2.69. The second kappa shape index (κ2) is 5.36. The molecule has 5 heteroatoms. The van der Waals surface area contributed by atoms with Crippen molar-refractivity contribution in [2.24, 2.45) is 5.73 Å². The number of hydrogen-bond donors (Lipinski definition) is 1. The molecular formula is C9H16N2O2S. The highest BCUT2D eigenvalue weighted by atomic mass is 32.2. The number of nitrogens with two attached hydrogens (primary N) is 1. The topological polar surface area (TPSA) is 63.4 Å². The van der Waals surface area contributed by atoms with Gasteiger partial charge < -0.3 is 5.73 Å². The predicted molar refractivity (Wildman–Crippen MR) is 56.9 cm³/mol. The summed E-state index contributed by atoms with van der Waals surface area (Å²) in [5.74, 6) is 0.642. The van der Waals surface area contributed by atoms with Crippen molar-refractivity contribution in [1.82, 2.24) is 4.90 Å². The van der Waals surface area contributed by atoms with E-state index >= 15 is 0 Å². The lowest BCUT2D eigenvalue weighted by atomic mass is 10.1. The van der Waals surface area contributed by atoms with Crippen LogP contribution in [0.1, 0.15) is 19.8 Å². The van der Waals surface area contributed by atoms with Gasteiger partial charge in [-0.05, 0) is 6.42 Å². The Morgan fingerprint density at radius 2 is 2.00 bits per heavy atom. The number of rotatable bonds is 4. The summed E-state index contributed by atoms with van der Waals surface area (Å²) in [5.41, 5.74) is 5.56. The van der Waals surface area contributed by atoms with Gasteiger partial charge in [-0.3, -0.25) is 14.5 Å². The summed E-state index contributed by atoms with van der Waals surface area (Å²) in [4.78, 5) is 24.4. The largest absolute Gasteiger partial charge is 0.328 e. The van der Waals surface area contributed by atoms with Gasteiger partial charge in [-0.2, -0.15) is 0 Å². The zero-order valence-electron chi connectivity index (χ0n) is 8.36. The molecule has 2 N–H and O–H groups in total. The maximum Gasteiger partial charge on any atom is 0.239 e. The van der Waals surface area contributed by atoms with E-state index in [1.54, 1.807) is 0 Å². The molecule has 0 aromatic carbocycles. The van der Waals surface area contributed by atoms with E-state index in [1.807, 2.05) is 6.92 Å². The van der Waals surface area contributed by atoms with Crippen molar-refractivity contribution in [3.8, 4) is 0 Å². The second-order valence-corrected chi connectivity index (χ2v) is 4.31. The summed E-state index contributed by atoms with van der Waals surface area (Å²) >= 11 is 1.38. The fourth-order valence-electron chi connectivity index (χ4n) is 1.60. The Hall–Kier alpha value is -0.550. The van der Waals surface area contributed by atoms with E-state index in [-0.39, 0.29) is 17.9 Å². The first-order chi connectivity index (χ1) is 6.70. The second-order valence-electron chi connectivity index (χ2n) is 3.33. The molecule has 2 amide bonds. The van der Waals surface area contributed by atoms with Crippen molar-refractivity contribution in [3.05, 3.63) is 0 Å². The van der Waals surface area contributed by atoms with E-state index in [9.17, 15) is 9.59 Å². The van der Waals surface area contributed by atoms with Gasteiger partial charge in [-0.25, -0.2) is 0 Å². The molecule has 0 spiro atoms. The Labute approximate surface area is 88.2 Å². The van der Waals surface area contributed by atoms with E-state index < -0.39 is 0 Å². The monoisotopic (exact) mass is 216 g/mol. The average molecular weight is 216 g/mol. The number of nitrogens with zero attached hydrogens (tertiary/aromatic N) is 1. The summed E-state index contributed by atoms with van der Waals surface area (Å²) in [5, 5.41) is 0. The Morgan fingerprint density at radius 3 is 2.43 bits per heavy atom. The molecule has 0 aromatic heterocycles. The highest BCUT2D eigenvalue weighted by molar-refractivity contribution is 8.00. The first-order valence-electron chi connectivity index (χ1n) is 4.83. The first-order valence-corrected chi connectivity index (χ1v) is 5.98. The molecule has 4 nitrogen and oxygen atoms in total. The smallest absolute Gasteiger partial charge is 0.239 e. The van der Waals surface area contributed by atoms with Crippen LogP contribution in [-0.2, 0) is 9.59 Å². The third-order valence-corrected chi connectivity index (χ3v) is 3.15. The van der Waals surface area contributed by atoms with Crippen LogP contribution < -0.4 is 5.73 Å². The molecule has 1 heterocycles. The Morgan fingerprint density at radius 1 is 1.43 bits per heavy atom. The van der Waals surface area contributed by atoms with Gasteiger partial charge in [0.15, 0.2) is 0 Å². The SMILES string of the molecule is CCCC(CN)N1C(=O)CSCC1=O. The van der Waals surface area contributed by atoms with E-state index in [2.05, 4.69) is 0 Å². The summed E-state index contributed by atoms with van der Waals surface area (Å²) in [7, 11) is 0. The van der Waals surface area contributed by atoms with E-state index in [4.69, 9.17) is 5.73 Å². The maximum absolute atomic E-state index is 11.5. The van der Waals surface area contributed by atoms with Gasteiger partial charge in [0.25, 0.3) is 0 Å². The van der Waals surface area contributed by atoms with Crippen molar-refractivity contribution in [3.63, 3.8) is 0 Å². The normalized spacial score (nSPS) is 20.0. The molecule has 1 aliphatic heterocycles. The van der Waals surface area contributed by atoms with Gasteiger partial charge >= 0.3 is 0 Å². The fourth-order valence-corrected chi connectivity index (χ4v) is 2.33. The van der Waals surface area contributed by atoms with Crippen LogP contribution in [0.5, 0.6) is 0 Å². The lowest BCUT2D eigenvalue weighted by Gasteiger charge is -2.31. The van der Waals surface area contributed by atoms with Crippen molar-refractivity contribution in [2.75, 3.05) is 18.1 Å². The zero-order valence-corrected chi connectivity index (χ0v) is 9.18. The predicted octanol–water partition coefficient (Wildman–Crippen LogP) is 0.216. The molecule has 1 unspecified atom stereocenters. The summed E-state index contributed by atoms with van der Waals surface area (Å²) in [6.45, 7) is 2.40. The molecule has 0 radical (unpaired) electrons. The summed E-state index contributed by atoms with van der Waals surface area (Å²) in [6.07, 6.45) is 1.74. The van der Waals surface area contributed by atoms with Crippen LogP contribution in [0.15, 0.2) is 0 Å². The molecule has 14 heavy (non-hydrogen) atoms. The highest BCUT2D eigenvalue weighted by Gasteiger charge is 2.31. The quantitative estimate of drug-likeness (QED) is 0.683. The van der Waals surface area contributed by atoms with Gasteiger partial charge in [0, 0.05) is 6.54 Å². The lowest BCUT2D eigenvalue weighted by molar-refractivity contribution is -0.144. The van der Waals surface area contributed by atoms with Crippen LogP contribution in [-0.4, -0.2) is 40.8 Å². The molecular weight excluding hydrogens is 200 g/mol. The van der Waals surface area contributed by atoms with Crippen LogP contribution in [0.4, 0.5) is 0 Å². The minimum atomic E-state index is -0.0964. The number of carbonyl (C=O) groups is 2. The number of carbonyl (C=O) groups excluding carboxylic acids is 2. The summed E-state index contributed by atoms with van der Waals surface area (Å²) < 4.78 is 0. The third kappa shape index (κ3) is 2.48. The average Bonchev–Trinajstić information content (AvgIpc) is 2.16. The molecule has 1 rings (SSSR count). The van der Waals surface area contributed by atoms with Crippen LogP contribution in [0.3, 0.4) is 0 Å².